The van der Waals surface area contributed by atoms with Crippen LogP contribution in [0.3, 0.4) is 0 Å². The summed E-state index contributed by atoms with van der Waals surface area (Å²) >= 11 is 3.06. The number of aryl methyl sites for hydroxylation is 1. The normalized spacial score (nSPS) is 10.3. The van der Waals surface area contributed by atoms with Crippen LogP contribution in [0.25, 0.3) is 0 Å². The molecule has 0 saturated carbocycles. The van der Waals surface area contributed by atoms with Crippen LogP contribution in [0.1, 0.15) is 16.1 Å². The average molecular weight is 324 g/mol. The predicted octanol–water partition coefficient (Wildman–Crippen LogP) is 3.13. The van der Waals surface area contributed by atoms with E-state index in [1.54, 1.807) is 13.0 Å². The molecule has 0 aliphatic heterocycles. The van der Waals surface area contributed by atoms with Crippen LogP contribution in [0.15, 0.2) is 34.8 Å². The summed E-state index contributed by atoms with van der Waals surface area (Å²) < 4.78 is 13.4. The molecule has 0 saturated heterocycles. The third-order valence-electron chi connectivity index (χ3n) is 2.41. The van der Waals surface area contributed by atoms with Gasteiger partial charge in [-0.05, 0) is 53.2 Å². The second-order valence-corrected chi connectivity index (χ2v) is 4.86. The molecule has 3 N–H and O–H groups in total. The Morgan fingerprint density at radius 3 is 2.74 bits per heavy atom. The zero-order valence-corrected chi connectivity index (χ0v) is 11.7. The van der Waals surface area contributed by atoms with E-state index in [2.05, 4.69) is 26.2 Å². The van der Waals surface area contributed by atoms with Crippen LogP contribution in [0.5, 0.6) is 0 Å². The zero-order chi connectivity index (χ0) is 14.0. The number of halogens is 2. The van der Waals surface area contributed by atoms with Gasteiger partial charge in [-0.3, -0.25) is 4.79 Å². The fourth-order valence-corrected chi connectivity index (χ4v) is 1.98. The number of benzene rings is 1. The van der Waals surface area contributed by atoms with Crippen molar-refractivity contribution in [1.82, 2.24) is 4.98 Å². The molecule has 1 heterocycles. The van der Waals surface area contributed by atoms with Crippen LogP contribution in [0, 0.1) is 12.7 Å². The summed E-state index contributed by atoms with van der Waals surface area (Å²) in [5, 5.41) is 2.66. The van der Waals surface area contributed by atoms with Crippen molar-refractivity contribution in [2.75, 3.05) is 11.1 Å². The number of nitrogens with two attached hydrogens (primary N) is 1. The molecule has 0 aliphatic rings. The first kappa shape index (κ1) is 13.5. The van der Waals surface area contributed by atoms with Crippen molar-refractivity contribution in [3.63, 3.8) is 0 Å². The molecular weight excluding hydrogens is 313 g/mol. The van der Waals surface area contributed by atoms with Gasteiger partial charge in [0.15, 0.2) is 0 Å². The minimum absolute atomic E-state index is 0.283. The van der Waals surface area contributed by atoms with Gasteiger partial charge in [0.25, 0.3) is 5.91 Å². The molecule has 1 aromatic carbocycles. The van der Waals surface area contributed by atoms with Crippen molar-refractivity contribution in [2.24, 2.45) is 0 Å². The molecule has 0 aliphatic carbocycles. The Hall–Kier alpha value is -1.95. The van der Waals surface area contributed by atoms with Gasteiger partial charge in [-0.15, -0.1) is 0 Å². The molecule has 4 nitrogen and oxygen atoms in total. The fraction of sp³-hybridized carbons (Fsp3) is 0.0769. The van der Waals surface area contributed by atoms with Gasteiger partial charge in [0.1, 0.15) is 11.6 Å². The van der Waals surface area contributed by atoms with E-state index < -0.39 is 0 Å². The number of rotatable bonds is 2. The molecule has 0 atom stereocenters. The highest BCUT2D eigenvalue weighted by Crippen LogP contribution is 2.20. The Morgan fingerprint density at radius 1 is 1.37 bits per heavy atom. The van der Waals surface area contributed by atoms with Crippen LogP contribution >= 0.6 is 15.9 Å². The summed E-state index contributed by atoms with van der Waals surface area (Å²) in [6.07, 6.45) is 0. The van der Waals surface area contributed by atoms with Crippen molar-refractivity contribution in [2.45, 2.75) is 6.92 Å². The molecule has 2 aromatic rings. The third kappa shape index (κ3) is 3.29. The van der Waals surface area contributed by atoms with E-state index in [1.807, 2.05) is 0 Å². The maximum Gasteiger partial charge on any atom is 0.255 e. The van der Waals surface area contributed by atoms with Crippen LogP contribution in [0.2, 0.25) is 0 Å². The number of carbonyl (C=O) groups excluding carboxylic acids is 1. The number of anilines is 2. The first-order valence-electron chi connectivity index (χ1n) is 5.46. The summed E-state index contributed by atoms with van der Waals surface area (Å²) in [7, 11) is 0. The highest BCUT2D eigenvalue weighted by Gasteiger charge is 2.09. The molecule has 0 unspecified atom stereocenters. The summed E-state index contributed by atoms with van der Waals surface area (Å²) in [5.41, 5.74) is 7.14. The number of aromatic nitrogens is 1. The highest BCUT2D eigenvalue weighted by atomic mass is 79.9. The SMILES string of the molecule is Cc1cc(C(=O)Nc2ccc(F)c(Br)c2)cc(N)n1. The lowest BCUT2D eigenvalue weighted by Crippen LogP contribution is -2.13. The van der Waals surface area contributed by atoms with E-state index in [9.17, 15) is 9.18 Å². The molecule has 6 heteroatoms. The van der Waals surface area contributed by atoms with E-state index in [0.29, 0.717) is 16.9 Å². The summed E-state index contributed by atoms with van der Waals surface area (Å²) in [6.45, 7) is 1.75. The lowest BCUT2D eigenvalue weighted by Gasteiger charge is -2.07. The number of nitrogen functional groups attached to an aromatic ring is 1. The van der Waals surface area contributed by atoms with Crippen molar-refractivity contribution >= 4 is 33.3 Å². The molecule has 0 fully saturated rings. The van der Waals surface area contributed by atoms with E-state index in [1.165, 1.54) is 24.3 Å². The number of amides is 1. The van der Waals surface area contributed by atoms with Crippen molar-refractivity contribution in [3.05, 3.63) is 51.9 Å². The number of hydrogen-bond donors (Lipinski definition) is 2. The van der Waals surface area contributed by atoms with Gasteiger partial charge in [0.2, 0.25) is 0 Å². The van der Waals surface area contributed by atoms with E-state index in [-0.39, 0.29) is 22.0 Å². The minimum Gasteiger partial charge on any atom is -0.384 e. The van der Waals surface area contributed by atoms with E-state index in [4.69, 9.17) is 5.73 Å². The molecule has 2 rings (SSSR count). The zero-order valence-electron chi connectivity index (χ0n) is 10.1. The number of pyridine rings is 1. The minimum atomic E-state index is -0.387. The number of nitrogens with one attached hydrogen (secondary N) is 1. The van der Waals surface area contributed by atoms with Crippen LogP contribution < -0.4 is 11.1 Å². The Kier molecular flexibility index (Phi) is 3.80. The Balaban J connectivity index is 2.22. The Morgan fingerprint density at radius 2 is 2.11 bits per heavy atom. The largest absolute Gasteiger partial charge is 0.384 e. The average Bonchev–Trinajstić information content (AvgIpc) is 2.32. The monoisotopic (exact) mass is 323 g/mol. The van der Waals surface area contributed by atoms with Crippen LogP contribution in [-0.4, -0.2) is 10.9 Å². The van der Waals surface area contributed by atoms with Gasteiger partial charge < -0.3 is 11.1 Å². The Bertz CT molecular complexity index is 626. The first-order chi connectivity index (χ1) is 8.95. The standard InChI is InChI=1S/C13H11BrFN3O/c1-7-4-8(5-12(16)17-7)13(19)18-9-2-3-11(15)10(14)6-9/h2-6H,1H3,(H2,16,17)(H,18,19). The van der Waals surface area contributed by atoms with Gasteiger partial charge in [-0.2, -0.15) is 0 Å². The van der Waals surface area contributed by atoms with Gasteiger partial charge >= 0.3 is 0 Å². The molecule has 19 heavy (non-hydrogen) atoms. The van der Waals surface area contributed by atoms with Gasteiger partial charge in [0.05, 0.1) is 4.47 Å². The maximum atomic E-state index is 13.1. The lowest BCUT2D eigenvalue weighted by molar-refractivity contribution is 0.102. The van der Waals surface area contributed by atoms with Crippen LogP contribution in [0.4, 0.5) is 15.9 Å². The summed E-state index contributed by atoms with van der Waals surface area (Å²) in [6, 6.07) is 7.36. The van der Waals surface area contributed by atoms with Crippen molar-refractivity contribution < 1.29 is 9.18 Å². The smallest absolute Gasteiger partial charge is 0.255 e. The van der Waals surface area contributed by atoms with Crippen LogP contribution in [-0.2, 0) is 0 Å². The van der Waals surface area contributed by atoms with Crippen molar-refractivity contribution in [3.8, 4) is 0 Å². The number of nitrogens with zero attached hydrogens (tertiary/aromatic N) is 1. The lowest BCUT2D eigenvalue weighted by atomic mass is 10.2. The second-order valence-electron chi connectivity index (χ2n) is 4.01. The van der Waals surface area contributed by atoms with Gasteiger partial charge in [-0.25, -0.2) is 9.37 Å². The summed E-state index contributed by atoms with van der Waals surface area (Å²) in [5.74, 6) is -0.428. The Labute approximate surface area is 118 Å². The first-order valence-corrected chi connectivity index (χ1v) is 6.25. The van der Waals surface area contributed by atoms with Gasteiger partial charge in [0, 0.05) is 16.9 Å². The fourth-order valence-electron chi connectivity index (χ4n) is 1.60. The molecule has 1 amide bonds. The molecule has 0 bridgehead atoms. The number of carbonyl (C=O) groups is 1. The van der Waals surface area contributed by atoms with Crippen molar-refractivity contribution in [1.29, 1.82) is 0 Å². The topological polar surface area (TPSA) is 68.0 Å². The highest BCUT2D eigenvalue weighted by molar-refractivity contribution is 9.10. The molecule has 1 aromatic heterocycles. The van der Waals surface area contributed by atoms with Gasteiger partial charge in [-0.1, -0.05) is 0 Å². The third-order valence-corrected chi connectivity index (χ3v) is 3.02. The van der Waals surface area contributed by atoms with E-state index in [0.717, 1.165) is 0 Å². The summed E-state index contributed by atoms with van der Waals surface area (Å²) in [4.78, 5) is 16.0. The van der Waals surface area contributed by atoms with E-state index >= 15 is 0 Å². The predicted molar refractivity (Wildman–Crippen MR) is 75.4 cm³/mol. The maximum absolute atomic E-state index is 13.1. The molecule has 98 valence electrons. The molecule has 0 spiro atoms. The second kappa shape index (κ2) is 5.36. The molecule has 0 radical (unpaired) electrons. The number of hydrogen-bond acceptors (Lipinski definition) is 3. The molecular formula is C13H11BrFN3O. The quantitative estimate of drug-likeness (QED) is 0.892.